The van der Waals surface area contributed by atoms with Crippen LogP contribution in [0.2, 0.25) is 0 Å². The molecule has 3 aromatic rings. The summed E-state index contributed by atoms with van der Waals surface area (Å²) in [5.41, 5.74) is 1.80. The summed E-state index contributed by atoms with van der Waals surface area (Å²) in [5.74, 6) is 1.19. The molecule has 0 radical (unpaired) electrons. The summed E-state index contributed by atoms with van der Waals surface area (Å²) in [4.78, 5) is 13.8. The van der Waals surface area contributed by atoms with Crippen molar-refractivity contribution in [3.63, 3.8) is 0 Å². The largest absolute Gasteiger partial charge is 0.396 e. The molecule has 3 heterocycles. The second-order valence-corrected chi connectivity index (χ2v) is 6.83. The van der Waals surface area contributed by atoms with E-state index in [1.54, 1.807) is 10.9 Å². The topological polar surface area (TPSA) is 82.3 Å². The fourth-order valence-corrected chi connectivity index (χ4v) is 3.39. The number of hydrogen-bond acceptors (Lipinski definition) is 7. The van der Waals surface area contributed by atoms with Crippen LogP contribution in [0.4, 0.5) is 21.8 Å². The number of aliphatic hydroxyl groups is 1. The van der Waals surface area contributed by atoms with Gasteiger partial charge in [-0.3, -0.25) is 4.68 Å². The van der Waals surface area contributed by atoms with Crippen LogP contribution in [0.25, 0.3) is 11.0 Å². The van der Waals surface area contributed by atoms with Gasteiger partial charge in [-0.2, -0.15) is 15.1 Å². The lowest BCUT2D eigenvalue weighted by atomic mass is 10.2. The molecular weight excluding hydrogens is 361 g/mol. The smallest absolute Gasteiger partial charge is 0.229 e. The third kappa shape index (κ3) is 3.70. The van der Waals surface area contributed by atoms with Gasteiger partial charge in [-0.25, -0.2) is 4.39 Å². The first-order valence-electron chi connectivity index (χ1n) is 9.45. The molecule has 0 saturated carbocycles. The summed E-state index contributed by atoms with van der Waals surface area (Å²) in [6, 6.07) is 6.61. The lowest BCUT2D eigenvalue weighted by Gasteiger charge is -2.36. The Balaban J connectivity index is 1.52. The third-order valence-electron chi connectivity index (χ3n) is 4.96. The van der Waals surface area contributed by atoms with Crippen molar-refractivity contribution < 1.29 is 9.50 Å². The average molecular weight is 385 g/mol. The number of benzene rings is 1. The summed E-state index contributed by atoms with van der Waals surface area (Å²) in [5, 5.41) is 17.5. The summed E-state index contributed by atoms with van der Waals surface area (Å²) in [7, 11) is 1.86. The second kappa shape index (κ2) is 7.97. The Bertz CT molecular complexity index is 935. The van der Waals surface area contributed by atoms with Crippen LogP contribution in [0, 0.1) is 5.82 Å². The number of nitrogens with one attached hydrogen (secondary N) is 1. The molecule has 0 bridgehead atoms. The maximum absolute atomic E-state index is 13.1. The SMILES string of the molecule is Cn1ncc2c(NCCCO)nc(N3CCN(c4ccc(F)cc4)CC3)nc21. The molecule has 28 heavy (non-hydrogen) atoms. The van der Waals surface area contributed by atoms with E-state index in [0.29, 0.717) is 18.9 Å². The van der Waals surface area contributed by atoms with Crippen LogP contribution in [0.1, 0.15) is 6.42 Å². The molecule has 1 saturated heterocycles. The van der Waals surface area contributed by atoms with Crippen LogP contribution in [0.15, 0.2) is 30.5 Å². The Morgan fingerprint density at radius 3 is 2.50 bits per heavy atom. The minimum atomic E-state index is -0.221. The van der Waals surface area contributed by atoms with E-state index in [2.05, 4.69) is 20.2 Å². The average Bonchev–Trinajstić information content (AvgIpc) is 3.10. The fourth-order valence-electron chi connectivity index (χ4n) is 3.39. The molecule has 2 N–H and O–H groups in total. The molecule has 1 aliphatic heterocycles. The number of aromatic nitrogens is 4. The first-order chi connectivity index (χ1) is 13.7. The molecule has 1 fully saturated rings. The summed E-state index contributed by atoms with van der Waals surface area (Å²) >= 11 is 0. The highest BCUT2D eigenvalue weighted by Gasteiger charge is 2.21. The quantitative estimate of drug-likeness (QED) is 0.624. The number of nitrogens with zero attached hydrogens (tertiary/aromatic N) is 6. The van der Waals surface area contributed by atoms with Crippen LogP contribution in [0.3, 0.4) is 0 Å². The number of rotatable bonds is 6. The third-order valence-corrected chi connectivity index (χ3v) is 4.96. The Kier molecular flexibility index (Phi) is 5.25. The number of hydrogen-bond donors (Lipinski definition) is 2. The first-order valence-corrected chi connectivity index (χ1v) is 9.45. The molecule has 0 aliphatic carbocycles. The molecule has 1 aliphatic rings. The minimum Gasteiger partial charge on any atom is -0.396 e. The van der Waals surface area contributed by atoms with Crippen molar-refractivity contribution in [2.75, 3.05) is 54.4 Å². The van der Waals surface area contributed by atoms with Crippen LogP contribution in [-0.2, 0) is 7.05 Å². The van der Waals surface area contributed by atoms with Crippen LogP contribution < -0.4 is 15.1 Å². The van der Waals surface area contributed by atoms with E-state index in [1.165, 1.54) is 12.1 Å². The van der Waals surface area contributed by atoms with Crippen molar-refractivity contribution in [1.82, 2.24) is 19.7 Å². The summed E-state index contributed by atoms with van der Waals surface area (Å²) in [6.07, 6.45) is 2.41. The van der Waals surface area contributed by atoms with Gasteiger partial charge in [0, 0.05) is 52.1 Å². The predicted octanol–water partition coefficient (Wildman–Crippen LogP) is 1.62. The zero-order valence-corrected chi connectivity index (χ0v) is 15.8. The number of piperazine rings is 1. The number of aliphatic hydroxyl groups excluding tert-OH is 1. The molecule has 9 heteroatoms. The van der Waals surface area contributed by atoms with E-state index < -0.39 is 0 Å². The van der Waals surface area contributed by atoms with Gasteiger partial charge in [0.05, 0.1) is 11.6 Å². The van der Waals surface area contributed by atoms with Gasteiger partial charge >= 0.3 is 0 Å². The molecule has 0 amide bonds. The van der Waals surface area contributed by atoms with Gasteiger partial charge in [0.25, 0.3) is 0 Å². The number of anilines is 3. The molecule has 4 rings (SSSR count). The summed E-state index contributed by atoms with van der Waals surface area (Å²) in [6.45, 7) is 3.94. The summed E-state index contributed by atoms with van der Waals surface area (Å²) < 4.78 is 14.9. The van der Waals surface area contributed by atoms with Crippen LogP contribution >= 0.6 is 0 Å². The standard InChI is InChI=1S/C19H24FN7O/c1-25-18-16(13-22-25)17(21-7-2-12-28)23-19(24-18)27-10-8-26(9-11-27)15-5-3-14(20)4-6-15/h3-6,13,28H,2,7-12H2,1H3,(H,21,23,24). The van der Waals surface area contributed by atoms with Crippen molar-refractivity contribution in [3.05, 3.63) is 36.3 Å². The van der Waals surface area contributed by atoms with Gasteiger partial charge in [0.15, 0.2) is 5.65 Å². The maximum atomic E-state index is 13.1. The van der Waals surface area contributed by atoms with E-state index in [-0.39, 0.29) is 12.4 Å². The van der Waals surface area contributed by atoms with E-state index in [0.717, 1.165) is 48.7 Å². The van der Waals surface area contributed by atoms with Gasteiger partial charge in [0.1, 0.15) is 11.6 Å². The zero-order valence-electron chi connectivity index (χ0n) is 15.8. The van der Waals surface area contributed by atoms with Crippen molar-refractivity contribution in [1.29, 1.82) is 0 Å². The Hall–Kier alpha value is -2.94. The first kappa shape index (κ1) is 18.4. The van der Waals surface area contributed by atoms with Crippen LogP contribution in [-0.4, -0.2) is 64.2 Å². The maximum Gasteiger partial charge on any atom is 0.229 e. The van der Waals surface area contributed by atoms with Gasteiger partial charge < -0.3 is 20.2 Å². The fraction of sp³-hybridized carbons (Fsp3) is 0.421. The van der Waals surface area contributed by atoms with Crippen LogP contribution in [0.5, 0.6) is 0 Å². The van der Waals surface area contributed by atoms with E-state index in [1.807, 2.05) is 19.2 Å². The van der Waals surface area contributed by atoms with E-state index in [4.69, 9.17) is 15.1 Å². The highest BCUT2D eigenvalue weighted by molar-refractivity contribution is 5.87. The monoisotopic (exact) mass is 385 g/mol. The van der Waals surface area contributed by atoms with Gasteiger partial charge in [-0.15, -0.1) is 0 Å². The number of aryl methyl sites for hydroxylation is 1. The van der Waals surface area contributed by atoms with Gasteiger partial charge in [-0.05, 0) is 30.7 Å². The number of halogens is 1. The van der Waals surface area contributed by atoms with Crippen molar-refractivity contribution in [3.8, 4) is 0 Å². The molecule has 2 aromatic heterocycles. The molecule has 0 atom stereocenters. The lowest BCUT2D eigenvalue weighted by molar-refractivity contribution is 0.292. The normalized spacial score (nSPS) is 14.7. The minimum absolute atomic E-state index is 0.131. The van der Waals surface area contributed by atoms with Crippen molar-refractivity contribution >= 4 is 28.5 Å². The highest BCUT2D eigenvalue weighted by Crippen LogP contribution is 2.25. The molecule has 0 spiro atoms. The Morgan fingerprint density at radius 1 is 1.07 bits per heavy atom. The highest BCUT2D eigenvalue weighted by atomic mass is 19.1. The van der Waals surface area contributed by atoms with E-state index in [9.17, 15) is 4.39 Å². The molecule has 8 nitrogen and oxygen atoms in total. The second-order valence-electron chi connectivity index (χ2n) is 6.83. The number of fused-ring (bicyclic) bond motifs is 1. The molecule has 148 valence electrons. The predicted molar refractivity (Wildman–Crippen MR) is 107 cm³/mol. The van der Waals surface area contributed by atoms with Gasteiger partial charge in [0.2, 0.25) is 5.95 Å². The Morgan fingerprint density at radius 2 is 1.79 bits per heavy atom. The molecule has 0 unspecified atom stereocenters. The van der Waals surface area contributed by atoms with E-state index >= 15 is 0 Å². The van der Waals surface area contributed by atoms with Crippen molar-refractivity contribution in [2.24, 2.45) is 7.05 Å². The molecular formula is C19H24FN7O. The van der Waals surface area contributed by atoms with Gasteiger partial charge in [-0.1, -0.05) is 0 Å². The molecule has 1 aromatic carbocycles. The lowest BCUT2D eigenvalue weighted by Crippen LogP contribution is -2.47. The van der Waals surface area contributed by atoms with Crippen molar-refractivity contribution in [2.45, 2.75) is 6.42 Å². The Labute approximate surface area is 162 Å². The zero-order chi connectivity index (χ0) is 19.5.